The summed E-state index contributed by atoms with van der Waals surface area (Å²) < 4.78 is 0. The first-order chi connectivity index (χ1) is 8.26. The van der Waals surface area contributed by atoms with Crippen LogP contribution in [-0.2, 0) is 4.79 Å². The molecule has 0 bridgehead atoms. The smallest absolute Gasteiger partial charge is 0.138 e. The summed E-state index contributed by atoms with van der Waals surface area (Å²) in [7, 11) is 0. The van der Waals surface area contributed by atoms with E-state index in [0.29, 0.717) is 17.2 Å². The second kappa shape index (κ2) is 6.18. The Labute approximate surface area is 113 Å². The second-order valence-electron chi connectivity index (χ2n) is 7.36. The van der Waals surface area contributed by atoms with Gasteiger partial charge in [-0.2, -0.15) is 0 Å². The first-order valence-corrected chi connectivity index (χ1v) is 7.55. The van der Waals surface area contributed by atoms with Crippen LogP contribution >= 0.6 is 0 Å². The lowest BCUT2D eigenvalue weighted by molar-refractivity contribution is -0.129. The third-order valence-corrected chi connectivity index (χ3v) is 4.80. The number of ketones is 1. The summed E-state index contributed by atoms with van der Waals surface area (Å²) in [6.07, 6.45) is 9.51. The minimum atomic E-state index is -0.00174. The van der Waals surface area contributed by atoms with Crippen LogP contribution in [0.3, 0.4) is 0 Å². The van der Waals surface area contributed by atoms with Crippen LogP contribution in [0.2, 0.25) is 0 Å². The van der Waals surface area contributed by atoms with Gasteiger partial charge in [0.05, 0.1) is 0 Å². The van der Waals surface area contributed by atoms with E-state index in [1.165, 1.54) is 32.1 Å². The van der Waals surface area contributed by atoms with E-state index in [9.17, 15) is 4.79 Å². The van der Waals surface area contributed by atoms with Crippen molar-refractivity contribution in [1.29, 1.82) is 0 Å². The third-order valence-electron chi connectivity index (χ3n) is 4.80. The van der Waals surface area contributed by atoms with Crippen molar-refractivity contribution in [1.82, 2.24) is 0 Å². The maximum absolute atomic E-state index is 11.1. The Bertz CT molecular complexity index is 281. The molecule has 0 aromatic rings. The average molecular weight is 253 g/mol. The third kappa shape index (κ3) is 4.38. The SMILES string of the molecule is CC1(C)CCCCC1=O.CC1(C)CCCCC1N. The van der Waals surface area contributed by atoms with Crippen molar-refractivity contribution in [3.63, 3.8) is 0 Å². The minimum absolute atomic E-state index is 0.00174. The molecule has 1 unspecified atom stereocenters. The summed E-state index contributed by atoms with van der Waals surface area (Å²) in [5.74, 6) is 0.453. The molecule has 2 aliphatic carbocycles. The molecule has 0 aromatic heterocycles. The molecule has 0 spiro atoms. The topological polar surface area (TPSA) is 43.1 Å². The molecule has 18 heavy (non-hydrogen) atoms. The molecule has 0 amide bonds. The molecule has 2 nitrogen and oxygen atoms in total. The molecule has 2 N–H and O–H groups in total. The summed E-state index contributed by atoms with van der Waals surface area (Å²) in [5.41, 5.74) is 6.33. The van der Waals surface area contributed by atoms with E-state index in [4.69, 9.17) is 5.73 Å². The maximum atomic E-state index is 11.1. The van der Waals surface area contributed by atoms with Crippen molar-refractivity contribution in [3.05, 3.63) is 0 Å². The molecule has 2 fully saturated rings. The van der Waals surface area contributed by atoms with Crippen LogP contribution in [0.25, 0.3) is 0 Å². The molecule has 1 atom stereocenters. The molecule has 2 rings (SSSR count). The minimum Gasteiger partial charge on any atom is -0.327 e. The number of rotatable bonds is 0. The number of carbonyl (C=O) groups is 1. The highest BCUT2D eigenvalue weighted by Crippen LogP contribution is 2.33. The van der Waals surface area contributed by atoms with Gasteiger partial charge in [-0.25, -0.2) is 0 Å². The summed E-state index contributed by atoms with van der Waals surface area (Å²) >= 11 is 0. The molecule has 2 saturated carbocycles. The number of hydrogen-bond donors (Lipinski definition) is 1. The Morgan fingerprint density at radius 3 is 1.94 bits per heavy atom. The number of Topliss-reactive ketones (excluding diaryl/α,β-unsaturated/α-hetero) is 1. The fourth-order valence-electron chi connectivity index (χ4n) is 2.85. The zero-order valence-corrected chi connectivity index (χ0v) is 12.7. The Hall–Kier alpha value is -0.370. The van der Waals surface area contributed by atoms with Gasteiger partial charge in [-0.05, 0) is 31.1 Å². The summed E-state index contributed by atoms with van der Waals surface area (Å²) in [6.45, 7) is 8.65. The Morgan fingerprint density at radius 1 is 1.00 bits per heavy atom. The van der Waals surface area contributed by atoms with E-state index in [2.05, 4.69) is 27.7 Å². The second-order valence-corrected chi connectivity index (χ2v) is 7.36. The van der Waals surface area contributed by atoms with Crippen LogP contribution in [0.1, 0.15) is 79.1 Å². The van der Waals surface area contributed by atoms with Gasteiger partial charge in [0, 0.05) is 17.9 Å². The van der Waals surface area contributed by atoms with Crippen LogP contribution in [0.4, 0.5) is 0 Å². The fourth-order valence-corrected chi connectivity index (χ4v) is 2.85. The number of carbonyl (C=O) groups excluding carboxylic acids is 1. The molecule has 0 aromatic carbocycles. The lowest BCUT2D eigenvalue weighted by atomic mass is 9.74. The maximum Gasteiger partial charge on any atom is 0.138 e. The van der Waals surface area contributed by atoms with Gasteiger partial charge in [-0.3, -0.25) is 4.79 Å². The van der Waals surface area contributed by atoms with Crippen molar-refractivity contribution >= 4 is 5.78 Å². The molecule has 0 saturated heterocycles. The highest BCUT2D eigenvalue weighted by Gasteiger charge is 2.29. The van der Waals surface area contributed by atoms with Crippen LogP contribution in [0.15, 0.2) is 0 Å². The van der Waals surface area contributed by atoms with E-state index in [1.54, 1.807) is 0 Å². The van der Waals surface area contributed by atoms with Gasteiger partial charge < -0.3 is 5.73 Å². The standard InChI is InChI=1S/C8H17N.C8H14O/c2*1-8(2)6-4-3-5-7(8)9/h7H,3-6,9H2,1-2H3;3-6H2,1-2H3. The lowest BCUT2D eigenvalue weighted by Crippen LogP contribution is -2.39. The van der Waals surface area contributed by atoms with Gasteiger partial charge in [-0.15, -0.1) is 0 Å². The number of nitrogens with two attached hydrogens (primary N) is 1. The summed E-state index contributed by atoms with van der Waals surface area (Å²) in [6, 6.07) is 0.450. The molecule has 2 heteroatoms. The van der Waals surface area contributed by atoms with Crippen molar-refractivity contribution in [2.24, 2.45) is 16.6 Å². The van der Waals surface area contributed by atoms with Gasteiger partial charge in [0.25, 0.3) is 0 Å². The zero-order chi connectivity index (χ0) is 13.8. The molecule has 0 radical (unpaired) electrons. The zero-order valence-electron chi connectivity index (χ0n) is 12.7. The highest BCUT2D eigenvalue weighted by molar-refractivity contribution is 5.84. The van der Waals surface area contributed by atoms with Crippen LogP contribution in [0, 0.1) is 10.8 Å². The summed E-state index contributed by atoms with van der Waals surface area (Å²) in [4.78, 5) is 11.1. The first kappa shape index (κ1) is 15.7. The van der Waals surface area contributed by atoms with Gasteiger partial charge in [-0.1, -0.05) is 47.0 Å². The van der Waals surface area contributed by atoms with Gasteiger partial charge in [0.15, 0.2) is 0 Å². The monoisotopic (exact) mass is 253 g/mol. The Kier molecular flexibility index (Phi) is 5.39. The van der Waals surface area contributed by atoms with Gasteiger partial charge in [0.2, 0.25) is 0 Å². The van der Waals surface area contributed by atoms with E-state index in [1.807, 2.05) is 0 Å². The summed E-state index contributed by atoms with van der Waals surface area (Å²) in [5, 5.41) is 0. The molecule has 2 aliphatic rings. The van der Waals surface area contributed by atoms with Gasteiger partial charge >= 0.3 is 0 Å². The molecule has 0 aliphatic heterocycles. The van der Waals surface area contributed by atoms with Crippen molar-refractivity contribution in [2.45, 2.75) is 85.1 Å². The van der Waals surface area contributed by atoms with E-state index < -0.39 is 0 Å². The number of hydrogen-bond acceptors (Lipinski definition) is 2. The van der Waals surface area contributed by atoms with Crippen molar-refractivity contribution in [3.8, 4) is 0 Å². The highest BCUT2D eigenvalue weighted by atomic mass is 16.1. The lowest BCUT2D eigenvalue weighted by Gasteiger charge is -2.35. The molecular weight excluding hydrogens is 222 g/mol. The van der Waals surface area contributed by atoms with E-state index in [-0.39, 0.29) is 5.41 Å². The van der Waals surface area contributed by atoms with Crippen molar-refractivity contribution in [2.75, 3.05) is 0 Å². The van der Waals surface area contributed by atoms with Crippen LogP contribution in [-0.4, -0.2) is 11.8 Å². The first-order valence-electron chi connectivity index (χ1n) is 7.55. The Morgan fingerprint density at radius 2 is 1.61 bits per heavy atom. The normalized spacial score (nSPS) is 30.3. The fraction of sp³-hybridized carbons (Fsp3) is 0.938. The van der Waals surface area contributed by atoms with Crippen LogP contribution < -0.4 is 5.73 Å². The molecular formula is C16H31NO. The van der Waals surface area contributed by atoms with E-state index >= 15 is 0 Å². The quantitative estimate of drug-likeness (QED) is 0.707. The molecule has 106 valence electrons. The predicted molar refractivity (Wildman–Crippen MR) is 77.5 cm³/mol. The largest absolute Gasteiger partial charge is 0.327 e. The average Bonchev–Trinajstić information content (AvgIpc) is 2.28. The Balaban J connectivity index is 0.000000180. The van der Waals surface area contributed by atoms with Gasteiger partial charge in [0.1, 0.15) is 5.78 Å². The van der Waals surface area contributed by atoms with E-state index in [0.717, 1.165) is 19.3 Å². The van der Waals surface area contributed by atoms with Crippen LogP contribution in [0.5, 0.6) is 0 Å². The van der Waals surface area contributed by atoms with Crippen molar-refractivity contribution < 1.29 is 4.79 Å². The predicted octanol–water partition coefficient (Wildman–Crippen LogP) is 4.07. The molecule has 0 heterocycles.